The molecule has 20 heavy (non-hydrogen) atoms. The molecule has 2 saturated heterocycles. The maximum absolute atomic E-state index is 12.0. The van der Waals surface area contributed by atoms with Gasteiger partial charge in [0.15, 0.2) is 0 Å². The Morgan fingerprint density at radius 2 is 1.75 bits per heavy atom. The number of rotatable bonds is 1. The van der Waals surface area contributed by atoms with Gasteiger partial charge >= 0.3 is 12.1 Å². The molecule has 2 heterocycles. The lowest BCUT2D eigenvalue weighted by atomic mass is 10.0. The first kappa shape index (κ1) is 14.9. The second kappa shape index (κ2) is 5.50. The molecule has 0 radical (unpaired) electrons. The van der Waals surface area contributed by atoms with E-state index >= 15 is 0 Å². The molecule has 0 aromatic carbocycles. The fourth-order valence-electron chi connectivity index (χ4n) is 2.69. The number of likely N-dealkylation sites (N-methyl/N-ethyl adjacent to an activating group) is 1. The van der Waals surface area contributed by atoms with Gasteiger partial charge in [-0.1, -0.05) is 0 Å². The van der Waals surface area contributed by atoms with E-state index < -0.39 is 5.60 Å². The number of hydrogen-bond acceptors (Lipinski definition) is 3. The van der Waals surface area contributed by atoms with Gasteiger partial charge in [-0.05, 0) is 33.6 Å². The molecule has 6 heteroatoms. The molecule has 2 fully saturated rings. The van der Waals surface area contributed by atoms with Crippen molar-refractivity contribution in [3.8, 4) is 0 Å². The van der Waals surface area contributed by atoms with Crippen molar-refractivity contribution in [1.29, 1.82) is 0 Å². The van der Waals surface area contributed by atoms with Crippen LogP contribution in [0.4, 0.5) is 9.59 Å². The third kappa shape index (κ3) is 3.35. The summed E-state index contributed by atoms with van der Waals surface area (Å²) in [5.74, 6) is 0. The summed E-state index contributed by atoms with van der Waals surface area (Å²) in [6.07, 6.45) is 1.42. The van der Waals surface area contributed by atoms with Crippen LogP contribution in [0.15, 0.2) is 0 Å². The Bertz CT molecular complexity index is 384. The van der Waals surface area contributed by atoms with Crippen LogP contribution in [0.3, 0.4) is 0 Å². The third-order valence-electron chi connectivity index (χ3n) is 3.81. The Morgan fingerprint density at radius 3 is 2.20 bits per heavy atom. The van der Waals surface area contributed by atoms with Gasteiger partial charge in [-0.2, -0.15) is 0 Å². The van der Waals surface area contributed by atoms with Crippen LogP contribution in [0.2, 0.25) is 0 Å². The van der Waals surface area contributed by atoms with Crippen LogP contribution < -0.4 is 0 Å². The average Bonchev–Trinajstić information content (AvgIpc) is 2.68. The summed E-state index contributed by atoms with van der Waals surface area (Å²) in [4.78, 5) is 29.4. The van der Waals surface area contributed by atoms with Gasteiger partial charge < -0.3 is 19.4 Å². The highest BCUT2D eigenvalue weighted by molar-refractivity contribution is 5.76. The van der Waals surface area contributed by atoms with E-state index in [1.54, 1.807) is 9.80 Å². The summed E-state index contributed by atoms with van der Waals surface area (Å²) < 4.78 is 5.37. The van der Waals surface area contributed by atoms with Crippen LogP contribution in [0, 0.1) is 0 Å². The molecule has 2 rings (SSSR count). The smallest absolute Gasteiger partial charge is 0.410 e. The topological polar surface area (TPSA) is 53.1 Å². The Kier molecular flexibility index (Phi) is 4.11. The highest BCUT2D eigenvalue weighted by Crippen LogP contribution is 2.22. The SMILES string of the molecule is CN1CCN(C2CCN(C(=O)OC(C)(C)C)CC2)C1=O. The number of ether oxygens (including phenoxy) is 1. The van der Waals surface area contributed by atoms with Crippen molar-refractivity contribution >= 4 is 12.1 Å². The molecule has 0 N–H and O–H groups in total. The molecular weight excluding hydrogens is 258 g/mol. The number of likely N-dealkylation sites (tertiary alicyclic amines) is 1. The van der Waals surface area contributed by atoms with Crippen molar-refractivity contribution in [2.45, 2.75) is 45.3 Å². The summed E-state index contributed by atoms with van der Waals surface area (Å²) in [7, 11) is 1.83. The number of carbonyl (C=O) groups excluding carboxylic acids is 2. The van der Waals surface area contributed by atoms with Crippen LogP contribution in [0.1, 0.15) is 33.6 Å². The molecule has 0 spiro atoms. The van der Waals surface area contributed by atoms with E-state index in [1.807, 2.05) is 32.7 Å². The number of amides is 3. The first-order valence-corrected chi connectivity index (χ1v) is 7.27. The van der Waals surface area contributed by atoms with E-state index in [0.717, 1.165) is 25.9 Å². The van der Waals surface area contributed by atoms with Gasteiger partial charge in [0.2, 0.25) is 0 Å². The van der Waals surface area contributed by atoms with Crippen molar-refractivity contribution in [1.82, 2.24) is 14.7 Å². The largest absolute Gasteiger partial charge is 0.444 e. The first-order valence-electron chi connectivity index (χ1n) is 7.27. The summed E-state index contributed by atoms with van der Waals surface area (Å²) in [5.41, 5.74) is -0.457. The lowest BCUT2D eigenvalue weighted by Crippen LogP contribution is -2.48. The van der Waals surface area contributed by atoms with Crippen molar-refractivity contribution < 1.29 is 14.3 Å². The van der Waals surface area contributed by atoms with Gasteiger partial charge in [-0.25, -0.2) is 9.59 Å². The molecule has 6 nitrogen and oxygen atoms in total. The molecule has 0 aliphatic carbocycles. The van der Waals surface area contributed by atoms with Crippen LogP contribution in [-0.4, -0.2) is 71.7 Å². The Morgan fingerprint density at radius 1 is 1.15 bits per heavy atom. The maximum atomic E-state index is 12.0. The number of piperidine rings is 1. The van der Waals surface area contributed by atoms with Gasteiger partial charge in [0.25, 0.3) is 0 Å². The summed E-state index contributed by atoms with van der Waals surface area (Å²) in [6.45, 7) is 8.53. The number of hydrogen-bond donors (Lipinski definition) is 0. The summed E-state index contributed by atoms with van der Waals surface area (Å²) >= 11 is 0. The highest BCUT2D eigenvalue weighted by atomic mass is 16.6. The maximum Gasteiger partial charge on any atom is 0.410 e. The lowest BCUT2D eigenvalue weighted by Gasteiger charge is -2.36. The van der Waals surface area contributed by atoms with Crippen molar-refractivity contribution in [3.63, 3.8) is 0 Å². The molecule has 0 aromatic rings. The summed E-state index contributed by atoms with van der Waals surface area (Å²) in [6, 6.07) is 0.367. The predicted octanol–water partition coefficient (Wildman–Crippen LogP) is 1.75. The predicted molar refractivity (Wildman–Crippen MR) is 75.6 cm³/mol. The third-order valence-corrected chi connectivity index (χ3v) is 3.81. The fraction of sp³-hybridized carbons (Fsp3) is 0.857. The van der Waals surface area contributed by atoms with Crippen LogP contribution >= 0.6 is 0 Å². The van der Waals surface area contributed by atoms with Crippen molar-refractivity contribution in [2.75, 3.05) is 33.2 Å². The Labute approximate surface area is 120 Å². The molecule has 2 aliphatic heterocycles. The van der Waals surface area contributed by atoms with E-state index in [0.29, 0.717) is 13.1 Å². The van der Waals surface area contributed by atoms with Gasteiger partial charge in [-0.3, -0.25) is 0 Å². The zero-order chi connectivity index (χ0) is 14.9. The minimum atomic E-state index is -0.457. The second-order valence-electron chi connectivity index (χ2n) is 6.60. The molecule has 114 valence electrons. The first-order chi connectivity index (χ1) is 9.28. The van der Waals surface area contributed by atoms with Gasteiger partial charge in [-0.15, -0.1) is 0 Å². The standard InChI is InChI=1S/C14H25N3O3/c1-14(2,3)20-13(19)16-7-5-11(6-8-16)17-10-9-15(4)12(17)18/h11H,5-10H2,1-4H3. The molecule has 0 atom stereocenters. The molecule has 3 amide bonds. The molecule has 2 aliphatic rings. The zero-order valence-corrected chi connectivity index (χ0v) is 12.9. The van der Waals surface area contributed by atoms with Crippen molar-refractivity contribution in [2.24, 2.45) is 0 Å². The number of urea groups is 1. The van der Waals surface area contributed by atoms with Gasteiger partial charge in [0.05, 0.1) is 0 Å². The van der Waals surface area contributed by atoms with Crippen LogP contribution in [-0.2, 0) is 4.74 Å². The lowest BCUT2D eigenvalue weighted by molar-refractivity contribution is 0.0170. The van der Waals surface area contributed by atoms with Crippen molar-refractivity contribution in [3.05, 3.63) is 0 Å². The molecular formula is C14H25N3O3. The quantitative estimate of drug-likeness (QED) is 0.737. The molecule has 0 aromatic heterocycles. The van der Waals surface area contributed by atoms with Gasteiger partial charge in [0, 0.05) is 39.3 Å². The van der Waals surface area contributed by atoms with Crippen LogP contribution in [0.5, 0.6) is 0 Å². The van der Waals surface area contributed by atoms with Crippen LogP contribution in [0.25, 0.3) is 0 Å². The van der Waals surface area contributed by atoms with E-state index in [9.17, 15) is 9.59 Å². The highest BCUT2D eigenvalue weighted by Gasteiger charge is 2.35. The monoisotopic (exact) mass is 283 g/mol. The molecule has 0 bridgehead atoms. The summed E-state index contributed by atoms with van der Waals surface area (Å²) in [5, 5.41) is 0. The Hall–Kier alpha value is -1.46. The normalized spacial score (nSPS) is 21.6. The number of carbonyl (C=O) groups is 2. The minimum absolute atomic E-state index is 0.112. The average molecular weight is 283 g/mol. The minimum Gasteiger partial charge on any atom is -0.444 e. The van der Waals surface area contributed by atoms with Gasteiger partial charge in [0.1, 0.15) is 5.60 Å². The fourth-order valence-corrected chi connectivity index (χ4v) is 2.69. The van der Waals surface area contributed by atoms with E-state index in [4.69, 9.17) is 4.74 Å². The van der Waals surface area contributed by atoms with E-state index in [2.05, 4.69) is 0 Å². The molecule has 0 saturated carbocycles. The molecule has 0 unspecified atom stereocenters. The van der Waals surface area contributed by atoms with E-state index in [1.165, 1.54) is 0 Å². The van der Waals surface area contributed by atoms with E-state index in [-0.39, 0.29) is 18.2 Å². The Balaban J connectivity index is 1.84. The number of nitrogens with zero attached hydrogens (tertiary/aromatic N) is 3. The zero-order valence-electron chi connectivity index (χ0n) is 12.9. The second-order valence-corrected chi connectivity index (χ2v) is 6.60.